The van der Waals surface area contributed by atoms with Crippen LogP contribution in [0.25, 0.3) is 0 Å². The van der Waals surface area contributed by atoms with Crippen LogP contribution in [-0.4, -0.2) is 24.7 Å². The Morgan fingerprint density at radius 3 is 2.71 bits per heavy atom. The van der Waals surface area contributed by atoms with E-state index < -0.39 is 0 Å². The molecule has 0 saturated heterocycles. The van der Waals surface area contributed by atoms with Crippen molar-refractivity contribution >= 4 is 27.7 Å². The normalized spacial score (nSPS) is 10.3. The summed E-state index contributed by atoms with van der Waals surface area (Å²) in [7, 11) is 0. The van der Waals surface area contributed by atoms with Gasteiger partial charge < -0.3 is 9.47 Å². The van der Waals surface area contributed by atoms with Crippen LogP contribution in [-0.2, 0) is 5.33 Å². The Kier molecular flexibility index (Phi) is 7.53. The summed E-state index contributed by atoms with van der Waals surface area (Å²) in [5.41, 5.74) is 1.14. The lowest BCUT2D eigenvalue weighted by Gasteiger charge is -2.14. The molecule has 0 saturated carbocycles. The lowest BCUT2D eigenvalue weighted by atomic mass is 10.2. The SMILES string of the molecule is CCOc1cccc(CBr)c1OCCSCC. The molecular formula is C13H19BrO2S. The van der Waals surface area contributed by atoms with Crippen LogP contribution in [0.5, 0.6) is 11.5 Å². The molecule has 96 valence electrons. The van der Waals surface area contributed by atoms with E-state index in [4.69, 9.17) is 9.47 Å². The van der Waals surface area contributed by atoms with Crippen molar-refractivity contribution in [3.05, 3.63) is 23.8 Å². The highest BCUT2D eigenvalue weighted by Crippen LogP contribution is 2.32. The third-order valence-electron chi connectivity index (χ3n) is 2.18. The molecule has 0 bridgehead atoms. The molecule has 17 heavy (non-hydrogen) atoms. The monoisotopic (exact) mass is 318 g/mol. The van der Waals surface area contributed by atoms with E-state index in [1.165, 1.54) is 0 Å². The Balaban J connectivity index is 2.70. The molecule has 0 heterocycles. The first kappa shape index (κ1) is 14.7. The maximum absolute atomic E-state index is 5.84. The smallest absolute Gasteiger partial charge is 0.165 e. The first-order valence-corrected chi connectivity index (χ1v) is 8.12. The Morgan fingerprint density at radius 1 is 1.24 bits per heavy atom. The molecule has 2 nitrogen and oxygen atoms in total. The van der Waals surface area contributed by atoms with Crippen molar-refractivity contribution in [2.45, 2.75) is 19.2 Å². The quantitative estimate of drug-likeness (QED) is 0.531. The second-order valence-electron chi connectivity index (χ2n) is 3.36. The minimum Gasteiger partial charge on any atom is -0.490 e. The van der Waals surface area contributed by atoms with Crippen molar-refractivity contribution in [1.82, 2.24) is 0 Å². The van der Waals surface area contributed by atoms with Crippen LogP contribution in [0, 0.1) is 0 Å². The molecule has 0 aliphatic carbocycles. The van der Waals surface area contributed by atoms with Gasteiger partial charge in [-0.25, -0.2) is 0 Å². The van der Waals surface area contributed by atoms with Crippen molar-refractivity contribution in [2.24, 2.45) is 0 Å². The molecule has 1 aromatic rings. The lowest BCUT2D eigenvalue weighted by Crippen LogP contribution is -2.05. The fourth-order valence-corrected chi connectivity index (χ4v) is 2.38. The van der Waals surface area contributed by atoms with Crippen molar-refractivity contribution in [3.63, 3.8) is 0 Å². The van der Waals surface area contributed by atoms with Gasteiger partial charge in [-0.1, -0.05) is 35.0 Å². The molecule has 0 aliphatic heterocycles. The van der Waals surface area contributed by atoms with Crippen molar-refractivity contribution in [2.75, 3.05) is 24.7 Å². The number of alkyl halides is 1. The first-order valence-electron chi connectivity index (χ1n) is 5.84. The number of benzene rings is 1. The van der Waals surface area contributed by atoms with Crippen LogP contribution in [0.4, 0.5) is 0 Å². The zero-order chi connectivity index (χ0) is 12.5. The minimum atomic E-state index is 0.659. The maximum atomic E-state index is 5.84. The molecule has 0 radical (unpaired) electrons. The molecular weight excluding hydrogens is 300 g/mol. The van der Waals surface area contributed by atoms with Crippen LogP contribution < -0.4 is 9.47 Å². The van der Waals surface area contributed by atoms with Crippen LogP contribution in [0.15, 0.2) is 18.2 Å². The Morgan fingerprint density at radius 2 is 2.06 bits per heavy atom. The van der Waals surface area contributed by atoms with E-state index in [0.717, 1.165) is 40.5 Å². The predicted octanol–water partition coefficient (Wildman–Crippen LogP) is 4.11. The molecule has 0 atom stereocenters. The van der Waals surface area contributed by atoms with Gasteiger partial charge in [-0.15, -0.1) is 0 Å². The van der Waals surface area contributed by atoms with Gasteiger partial charge in [0.1, 0.15) is 0 Å². The van der Waals surface area contributed by atoms with E-state index in [1.807, 2.05) is 30.8 Å². The number of thioether (sulfide) groups is 1. The topological polar surface area (TPSA) is 18.5 Å². The third-order valence-corrected chi connectivity index (χ3v) is 3.65. The summed E-state index contributed by atoms with van der Waals surface area (Å²) in [5, 5.41) is 0.782. The first-order chi connectivity index (χ1) is 8.33. The summed E-state index contributed by atoms with van der Waals surface area (Å²) < 4.78 is 11.4. The van der Waals surface area contributed by atoms with E-state index in [-0.39, 0.29) is 0 Å². The number of para-hydroxylation sites is 1. The van der Waals surface area contributed by atoms with Crippen LogP contribution in [0.1, 0.15) is 19.4 Å². The molecule has 0 amide bonds. The van der Waals surface area contributed by atoms with Crippen molar-refractivity contribution in [1.29, 1.82) is 0 Å². The maximum Gasteiger partial charge on any atom is 0.165 e. The van der Waals surface area contributed by atoms with E-state index in [1.54, 1.807) is 0 Å². The highest BCUT2D eigenvalue weighted by Gasteiger charge is 2.09. The number of rotatable bonds is 8. The standard InChI is InChI=1S/C13H19BrO2S/c1-3-15-12-7-5-6-11(10-14)13(12)16-8-9-17-4-2/h5-7H,3-4,8-10H2,1-2H3. The molecule has 0 spiro atoms. The van der Waals surface area contributed by atoms with Crippen LogP contribution in [0.3, 0.4) is 0 Å². The molecule has 1 aromatic carbocycles. The summed E-state index contributed by atoms with van der Waals surface area (Å²) in [6, 6.07) is 6.01. The number of halogens is 1. The van der Waals surface area contributed by atoms with Gasteiger partial charge in [0.05, 0.1) is 13.2 Å². The molecule has 0 aliphatic rings. The molecule has 0 aromatic heterocycles. The second kappa shape index (κ2) is 8.70. The summed E-state index contributed by atoms with van der Waals surface area (Å²) in [6.07, 6.45) is 0. The lowest BCUT2D eigenvalue weighted by molar-refractivity contribution is 0.288. The van der Waals surface area contributed by atoms with Crippen molar-refractivity contribution < 1.29 is 9.47 Å². The molecule has 0 N–H and O–H groups in total. The van der Waals surface area contributed by atoms with Gasteiger partial charge in [0.15, 0.2) is 11.5 Å². The Hall–Kier alpha value is -0.350. The molecule has 0 unspecified atom stereocenters. The van der Waals surface area contributed by atoms with Gasteiger partial charge in [-0.3, -0.25) is 0 Å². The van der Waals surface area contributed by atoms with Gasteiger partial charge in [-0.05, 0) is 18.7 Å². The van der Waals surface area contributed by atoms with E-state index in [9.17, 15) is 0 Å². The summed E-state index contributed by atoms with van der Waals surface area (Å²) in [6.45, 7) is 5.52. The second-order valence-corrected chi connectivity index (χ2v) is 5.31. The van der Waals surface area contributed by atoms with Gasteiger partial charge >= 0.3 is 0 Å². The summed E-state index contributed by atoms with van der Waals surface area (Å²) >= 11 is 5.36. The van der Waals surface area contributed by atoms with Gasteiger partial charge in [0.25, 0.3) is 0 Å². The van der Waals surface area contributed by atoms with Crippen LogP contribution in [0.2, 0.25) is 0 Å². The number of hydrogen-bond donors (Lipinski definition) is 0. The number of hydrogen-bond acceptors (Lipinski definition) is 3. The predicted molar refractivity (Wildman–Crippen MR) is 78.7 cm³/mol. The van der Waals surface area contributed by atoms with E-state index in [0.29, 0.717) is 6.61 Å². The molecule has 1 rings (SSSR count). The summed E-state index contributed by atoms with van der Waals surface area (Å²) in [4.78, 5) is 0. The van der Waals surface area contributed by atoms with E-state index >= 15 is 0 Å². The largest absolute Gasteiger partial charge is 0.490 e. The van der Waals surface area contributed by atoms with Gasteiger partial charge in [-0.2, -0.15) is 11.8 Å². The minimum absolute atomic E-state index is 0.659. The van der Waals surface area contributed by atoms with E-state index in [2.05, 4.69) is 28.9 Å². The Bertz CT molecular complexity index is 331. The molecule has 0 fully saturated rings. The van der Waals surface area contributed by atoms with Gasteiger partial charge in [0.2, 0.25) is 0 Å². The fourth-order valence-electron chi connectivity index (χ4n) is 1.45. The number of ether oxygens (including phenoxy) is 2. The zero-order valence-electron chi connectivity index (χ0n) is 10.4. The summed E-state index contributed by atoms with van der Waals surface area (Å²) in [5.74, 6) is 3.86. The average molecular weight is 319 g/mol. The molecule has 4 heteroatoms. The highest BCUT2D eigenvalue weighted by molar-refractivity contribution is 9.08. The third kappa shape index (κ3) is 4.80. The Labute approximate surface area is 116 Å². The average Bonchev–Trinajstić information content (AvgIpc) is 2.36. The zero-order valence-corrected chi connectivity index (χ0v) is 12.8. The van der Waals surface area contributed by atoms with Crippen molar-refractivity contribution in [3.8, 4) is 11.5 Å². The van der Waals surface area contributed by atoms with Gasteiger partial charge in [0, 0.05) is 16.6 Å². The fraction of sp³-hybridized carbons (Fsp3) is 0.538. The highest BCUT2D eigenvalue weighted by atomic mass is 79.9. The van der Waals surface area contributed by atoms with Crippen LogP contribution >= 0.6 is 27.7 Å².